The van der Waals surface area contributed by atoms with Crippen LogP contribution in [0.3, 0.4) is 0 Å². The smallest absolute Gasteiger partial charge is 0.411 e. The molecule has 3 amide bonds. The Labute approximate surface area is 259 Å². The highest BCUT2D eigenvalue weighted by Gasteiger charge is 2.34. The quantitative estimate of drug-likeness (QED) is 0.291. The summed E-state index contributed by atoms with van der Waals surface area (Å²) in [6.07, 6.45) is 3.95. The number of hydrogen-bond acceptors (Lipinski definition) is 5. The van der Waals surface area contributed by atoms with Crippen LogP contribution in [0.5, 0.6) is 0 Å². The van der Waals surface area contributed by atoms with Crippen LogP contribution in [-0.2, 0) is 14.3 Å². The number of ether oxygens (including phenoxy) is 1. The molecule has 8 nitrogen and oxygen atoms in total. The molecule has 2 atom stereocenters. The number of carbonyl (C=O) groups excluding carboxylic acids is 3. The number of aromatic nitrogens is 1. The second-order valence-electron chi connectivity index (χ2n) is 11.1. The fourth-order valence-corrected chi connectivity index (χ4v) is 6.02. The van der Waals surface area contributed by atoms with Gasteiger partial charge < -0.3 is 15.0 Å². The van der Waals surface area contributed by atoms with Crippen LogP contribution in [0.1, 0.15) is 63.3 Å². The molecule has 0 radical (unpaired) electrons. The lowest BCUT2D eigenvalue weighted by molar-refractivity contribution is -0.130. The third-order valence-corrected chi connectivity index (χ3v) is 8.61. The van der Waals surface area contributed by atoms with E-state index in [9.17, 15) is 23.2 Å². The van der Waals surface area contributed by atoms with Crippen molar-refractivity contribution in [3.63, 3.8) is 0 Å². The van der Waals surface area contributed by atoms with Crippen LogP contribution in [0, 0.1) is 17.6 Å². The van der Waals surface area contributed by atoms with E-state index in [0.29, 0.717) is 41.0 Å². The summed E-state index contributed by atoms with van der Waals surface area (Å²) in [5.41, 5.74) is 3.38. The maximum Gasteiger partial charge on any atom is 0.411 e. The molecule has 0 spiro atoms. The van der Waals surface area contributed by atoms with Gasteiger partial charge in [-0.1, -0.05) is 37.4 Å². The Kier molecular flexibility index (Phi) is 9.29. The van der Waals surface area contributed by atoms with E-state index >= 15 is 0 Å². The van der Waals surface area contributed by atoms with E-state index in [-0.39, 0.29) is 46.9 Å². The fraction of sp³-hybridized carbons (Fsp3) is 0.333. The first-order valence-corrected chi connectivity index (χ1v) is 14.9. The first kappa shape index (κ1) is 31.1. The van der Waals surface area contributed by atoms with Crippen molar-refractivity contribution in [3.05, 3.63) is 82.1 Å². The van der Waals surface area contributed by atoms with Crippen molar-refractivity contribution >= 4 is 46.5 Å². The minimum absolute atomic E-state index is 0.147. The van der Waals surface area contributed by atoms with Crippen LogP contribution in [-0.4, -0.2) is 41.4 Å². The van der Waals surface area contributed by atoms with Gasteiger partial charge in [0.1, 0.15) is 5.82 Å². The molecular weight excluding hydrogens is 590 g/mol. The Bertz CT molecular complexity index is 1660. The largest absolute Gasteiger partial charge is 0.453 e. The Balaban J connectivity index is 1.55. The summed E-state index contributed by atoms with van der Waals surface area (Å²) in [6.45, 7) is 3.69. The van der Waals surface area contributed by atoms with Gasteiger partial charge in [-0.3, -0.25) is 19.9 Å². The van der Waals surface area contributed by atoms with Crippen LogP contribution in [0.25, 0.3) is 16.7 Å². The number of nitrogens with one attached hydrogen (secondary N) is 2. The van der Waals surface area contributed by atoms with E-state index in [1.165, 1.54) is 7.11 Å². The molecule has 2 unspecified atom stereocenters. The number of hydrogen-bond donors (Lipinski definition) is 2. The summed E-state index contributed by atoms with van der Waals surface area (Å²) in [6, 6.07) is 10.7. The van der Waals surface area contributed by atoms with Crippen LogP contribution in [0.4, 0.5) is 25.0 Å². The van der Waals surface area contributed by atoms with Crippen molar-refractivity contribution in [3.8, 4) is 11.1 Å². The summed E-state index contributed by atoms with van der Waals surface area (Å²) in [5.74, 6) is -2.39. The van der Waals surface area contributed by atoms with Gasteiger partial charge in [-0.2, -0.15) is 0 Å². The summed E-state index contributed by atoms with van der Waals surface area (Å²) in [7, 11) is 1.27. The Morgan fingerprint density at radius 3 is 2.66 bits per heavy atom. The van der Waals surface area contributed by atoms with Crippen molar-refractivity contribution in [2.45, 2.75) is 52.0 Å². The van der Waals surface area contributed by atoms with Gasteiger partial charge in [0.15, 0.2) is 5.82 Å². The number of carbonyl (C=O) groups is 3. The van der Waals surface area contributed by atoms with E-state index in [0.717, 1.165) is 30.5 Å². The van der Waals surface area contributed by atoms with Crippen molar-refractivity contribution in [1.29, 1.82) is 0 Å². The zero-order valence-electron chi connectivity index (χ0n) is 24.7. The lowest BCUT2D eigenvalue weighted by Gasteiger charge is -2.36. The number of fused-ring (bicyclic) bond motifs is 4. The number of methoxy groups -OCH3 is 1. The number of nitrogens with zero attached hydrogens (tertiary/aromatic N) is 2. The zero-order valence-corrected chi connectivity index (χ0v) is 25.4. The zero-order chi connectivity index (χ0) is 31.5. The summed E-state index contributed by atoms with van der Waals surface area (Å²) >= 11 is 5.95. The van der Waals surface area contributed by atoms with Crippen molar-refractivity contribution in [2.24, 2.45) is 5.92 Å². The average molecular weight is 623 g/mol. The minimum atomic E-state index is -0.875. The monoisotopic (exact) mass is 622 g/mol. The molecule has 3 aromatic rings. The van der Waals surface area contributed by atoms with E-state index < -0.39 is 23.8 Å². The number of pyridine rings is 1. The fourth-order valence-electron chi connectivity index (χ4n) is 5.86. The number of benzene rings is 2. The summed E-state index contributed by atoms with van der Waals surface area (Å²) in [4.78, 5) is 45.2. The Hall–Kier alpha value is -4.31. The van der Waals surface area contributed by atoms with E-state index in [2.05, 4.69) is 15.6 Å². The topological polar surface area (TPSA) is 101 Å². The SMILES string of the molecule is COC(=O)Nc1ccc2c(c1)NC(=O)C(C)CCCCC(N1CCC(c3c(F)ccc(Cl)c3F)=C(C)C1=O)c1cc-2ccn1. The van der Waals surface area contributed by atoms with Crippen molar-refractivity contribution in [2.75, 3.05) is 24.3 Å². The molecule has 2 N–H and O–H groups in total. The minimum Gasteiger partial charge on any atom is -0.453 e. The predicted molar refractivity (Wildman–Crippen MR) is 165 cm³/mol. The molecule has 5 rings (SSSR count). The third-order valence-electron chi connectivity index (χ3n) is 8.31. The first-order valence-electron chi connectivity index (χ1n) is 14.5. The Morgan fingerprint density at radius 1 is 1.11 bits per heavy atom. The van der Waals surface area contributed by atoms with Gasteiger partial charge in [0, 0.05) is 35.5 Å². The molecule has 2 aromatic carbocycles. The molecule has 0 saturated carbocycles. The number of anilines is 2. The van der Waals surface area contributed by atoms with Gasteiger partial charge in [-0.05, 0) is 73.7 Å². The Morgan fingerprint density at radius 2 is 1.89 bits per heavy atom. The maximum atomic E-state index is 14.9. The van der Waals surface area contributed by atoms with Crippen LogP contribution in [0.2, 0.25) is 5.02 Å². The standard InChI is InChI=1S/C33H33ClF2N4O4/c1-18-6-4-5-7-28(40-15-13-22(19(2)32(40)42)29-25(35)11-10-24(34)30(29)36)27-16-20(12-14-37-27)23-9-8-21(38-33(43)44-3)17-26(23)39-31(18)41/h8-12,14,16-18,28H,4-7,13,15H2,1-3H3,(H,38,43)(H,39,41). The molecule has 1 aromatic heterocycles. The lowest BCUT2D eigenvalue weighted by atomic mass is 9.90. The molecule has 2 bridgehead atoms. The summed E-state index contributed by atoms with van der Waals surface area (Å²) < 4.78 is 34.4. The van der Waals surface area contributed by atoms with Gasteiger partial charge in [0.2, 0.25) is 11.8 Å². The molecule has 2 aliphatic heterocycles. The normalized spacial score (nSPS) is 19.3. The van der Waals surface area contributed by atoms with Gasteiger partial charge >= 0.3 is 6.09 Å². The second kappa shape index (κ2) is 13.1. The molecule has 0 aliphatic carbocycles. The van der Waals surface area contributed by atoms with Crippen LogP contribution >= 0.6 is 11.6 Å². The molecule has 11 heteroatoms. The molecule has 0 fully saturated rings. The van der Waals surface area contributed by atoms with E-state index in [4.69, 9.17) is 16.3 Å². The average Bonchev–Trinajstić information content (AvgIpc) is 3.01. The highest BCUT2D eigenvalue weighted by Crippen LogP contribution is 2.39. The molecule has 44 heavy (non-hydrogen) atoms. The van der Waals surface area contributed by atoms with E-state index in [1.807, 2.05) is 19.1 Å². The third kappa shape index (κ3) is 6.31. The van der Waals surface area contributed by atoms with Crippen LogP contribution < -0.4 is 10.6 Å². The lowest BCUT2D eigenvalue weighted by Crippen LogP contribution is -2.40. The number of halogens is 3. The van der Waals surface area contributed by atoms with Crippen LogP contribution in [0.15, 0.2) is 54.2 Å². The number of rotatable bonds is 3. The summed E-state index contributed by atoms with van der Waals surface area (Å²) in [5, 5.41) is 5.44. The van der Waals surface area contributed by atoms with Gasteiger partial charge in [-0.25, -0.2) is 13.6 Å². The number of amides is 3. The first-order chi connectivity index (χ1) is 21.1. The molecule has 0 saturated heterocycles. The maximum absolute atomic E-state index is 14.9. The van der Waals surface area contributed by atoms with Crippen molar-refractivity contribution in [1.82, 2.24) is 9.88 Å². The van der Waals surface area contributed by atoms with Gasteiger partial charge in [0.25, 0.3) is 0 Å². The van der Waals surface area contributed by atoms with Crippen molar-refractivity contribution < 1.29 is 27.9 Å². The van der Waals surface area contributed by atoms with E-state index in [1.54, 1.807) is 36.2 Å². The highest BCUT2D eigenvalue weighted by molar-refractivity contribution is 6.31. The van der Waals surface area contributed by atoms with Gasteiger partial charge in [0.05, 0.1) is 35.1 Å². The predicted octanol–water partition coefficient (Wildman–Crippen LogP) is 7.75. The highest BCUT2D eigenvalue weighted by atomic mass is 35.5. The molecular formula is C33H33ClF2N4O4. The second-order valence-corrected chi connectivity index (χ2v) is 11.5. The molecule has 3 heterocycles. The van der Waals surface area contributed by atoms with Gasteiger partial charge in [-0.15, -0.1) is 0 Å². The molecule has 2 aliphatic rings. The molecule has 230 valence electrons.